The minimum absolute atomic E-state index is 0. The summed E-state index contributed by atoms with van der Waals surface area (Å²) in [6.45, 7) is 5.21. The van der Waals surface area contributed by atoms with E-state index in [1.807, 2.05) is 0 Å². The molecule has 120 valence electrons. The van der Waals surface area contributed by atoms with Gasteiger partial charge in [-0.1, -0.05) is 0 Å². The highest BCUT2D eigenvalue weighted by Crippen LogP contribution is 2.18. The maximum atomic E-state index is 12.2. The number of hydrogen-bond acceptors (Lipinski definition) is 5. The summed E-state index contributed by atoms with van der Waals surface area (Å²) in [5, 5.41) is 0. The van der Waals surface area contributed by atoms with Crippen LogP contribution in [-0.2, 0) is 14.8 Å². The van der Waals surface area contributed by atoms with E-state index in [2.05, 4.69) is 9.46 Å². The van der Waals surface area contributed by atoms with E-state index in [0.717, 1.165) is 0 Å². The van der Waals surface area contributed by atoms with Gasteiger partial charge in [-0.2, -0.15) is 0 Å². The molecule has 0 spiro atoms. The Morgan fingerprint density at radius 3 is 2.38 bits per heavy atom. The maximum absolute atomic E-state index is 12.2. The summed E-state index contributed by atoms with van der Waals surface area (Å²) < 4.78 is 31.6. The van der Waals surface area contributed by atoms with Crippen LogP contribution in [0.4, 0.5) is 0 Å². The number of nitrogens with two attached hydrogens (primary N) is 1. The Morgan fingerprint density at radius 2 is 1.95 bits per heavy atom. The number of methoxy groups -OCH3 is 1. The van der Waals surface area contributed by atoms with Crippen LogP contribution < -0.4 is 10.5 Å². The molecule has 8 heteroatoms. The summed E-state index contributed by atoms with van der Waals surface area (Å²) in [4.78, 5) is 11.6. The molecule has 0 aromatic heterocycles. The number of sulfonamides is 1. The monoisotopic (exact) mass is 336 g/mol. The van der Waals surface area contributed by atoms with Crippen LogP contribution in [0.15, 0.2) is 23.1 Å². The predicted octanol–water partition coefficient (Wildman–Crippen LogP) is 1.22. The van der Waals surface area contributed by atoms with E-state index >= 15 is 0 Å². The highest BCUT2D eigenvalue weighted by molar-refractivity contribution is 7.89. The standard InChI is InChI=1S/C13H20N2O4S.ClH/c1-9-7-10(5-6-11(9)12(16)19-4)20(17,18)15-13(2,3)8-14;/h5-7,15H,8,14H2,1-4H3;1H. The molecule has 0 unspecified atom stereocenters. The van der Waals surface area contributed by atoms with Crippen LogP contribution in [0.1, 0.15) is 29.8 Å². The van der Waals surface area contributed by atoms with Crippen molar-refractivity contribution in [3.8, 4) is 0 Å². The second kappa shape index (κ2) is 7.22. The van der Waals surface area contributed by atoms with Crippen LogP contribution in [0.2, 0.25) is 0 Å². The van der Waals surface area contributed by atoms with Gasteiger partial charge in [-0.15, -0.1) is 12.4 Å². The molecule has 1 aromatic rings. The molecule has 21 heavy (non-hydrogen) atoms. The van der Waals surface area contributed by atoms with E-state index < -0.39 is 21.5 Å². The maximum Gasteiger partial charge on any atom is 0.338 e. The fraction of sp³-hybridized carbons (Fsp3) is 0.462. The van der Waals surface area contributed by atoms with Crippen molar-refractivity contribution in [1.29, 1.82) is 0 Å². The molecule has 6 nitrogen and oxygen atoms in total. The lowest BCUT2D eigenvalue weighted by Gasteiger charge is -2.24. The van der Waals surface area contributed by atoms with E-state index in [9.17, 15) is 13.2 Å². The number of carbonyl (C=O) groups is 1. The SMILES string of the molecule is COC(=O)c1ccc(S(=O)(=O)NC(C)(C)CN)cc1C.Cl. The molecule has 0 aliphatic carbocycles. The third kappa shape index (κ3) is 4.96. The summed E-state index contributed by atoms with van der Waals surface area (Å²) >= 11 is 0. The molecule has 0 saturated heterocycles. The van der Waals surface area contributed by atoms with Gasteiger partial charge in [0.1, 0.15) is 0 Å². The molecule has 0 bridgehead atoms. The average Bonchev–Trinajstić information content (AvgIpc) is 2.36. The van der Waals surface area contributed by atoms with Gasteiger partial charge in [0.05, 0.1) is 17.6 Å². The van der Waals surface area contributed by atoms with Gasteiger partial charge in [0.25, 0.3) is 0 Å². The number of halogens is 1. The minimum Gasteiger partial charge on any atom is -0.465 e. The molecular formula is C13H21ClN2O4S. The van der Waals surface area contributed by atoms with E-state index in [0.29, 0.717) is 11.1 Å². The summed E-state index contributed by atoms with van der Waals surface area (Å²) in [6, 6.07) is 4.24. The van der Waals surface area contributed by atoms with Crippen LogP contribution in [-0.4, -0.2) is 33.6 Å². The molecule has 0 aliphatic rings. The highest BCUT2D eigenvalue weighted by Gasteiger charge is 2.25. The first-order valence-corrected chi connectivity index (χ1v) is 7.54. The van der Waals surface area contributed by atoms with Crippen LogP contribution >= 0.6 is 12.4 Å². The van der Waals surface area contributed by atoms with Crippen molar-refractivity contribution < 1.29 is 17.9 Å². The molecule has 0 heterocycles. The zero-order chi connectivity index (χ0) is 15.6. The normalized spacial score (nSPS) is 11.7. The molecule has 1 aromatic carbocycles. The molecule has 0 amide bonds. The Kier molecular flexibility index (Phi) is 6.82. The van der Waals surface area contributed by atoms with Crippen LogP contribution in [0.25, 0.3) is 0 Å². The number of hydrogen-bond donors (Lipinski definition) is 2. The Morgan fingerprint density at radius 1 is 1.38 bits per heavy atom. The molecule has 0 radical (unpaired) electrons. The number of aryl methyl sites for hydroxylation is 1. The second-order valence-electron chi connectivity index (χ2n) is 5.16. The first-order chi connectivity index (χ1) is 9.13. The summed E-state index contributed by atoms with van der Waals surface area (Å²) in [7, 11) is -2.41. The fourth-order valence-electron chi connectivity index (χ4n) is 1.61. The summed E-state index contributed by atoms with van der Waals surface area (Å²) in [5.74, 6) is -0.498. The highest BCUT2D eigenvalue weighted by atomic mass is 35.5. The van der Waals surface area contributed by atoms with Crippen molar-refractivity contribution in [3.05, 3.63) is 29.3 Å². The van der Waals surface area contributed by atoms with Crippen molar-refractivity contribution in [3.63, 3.8) is 0 Å². The third-order valence-electron chi connectivity index (χ3n) is 2.83. The summed E-state index contributed by atoms with van der Waals surface area (Å²) in [6.07, 6.45) is 0. The number of benzene rings is 1. The van der Waals surface area contributed by atoms with Crippen molar-refractivity contribution in [2.45, 2.75) is 31.2 Å². The van der Waals surface area contributed by atoms with E-state index in [1.165, 1.54) is 25.3 Å². The zero-order valence-electron chi connectivity index (χ0n) is 12.5. The number of esters is 1. The molecule has 0 saturated carbocycles. The lowest BCUT2D eigenvalue weighted by molar-refractivity contribution is 0.0600. The largest absolute Gasteiger partial charge is 0.465 e. The van der Waals surface area contributed by atoms with Gasteiger partial charge in [-0.05, 0) is 44.5 Å². The second-order valence-corrected chi connectivity index (χ2v) is 6.84. The number of carbonyl (C=O) groups excluding carboxylic acids is 1. The lowest BCUT2D eigenvalue weighted by Crippen LogP contribution is -2.48. The number of nitrogens with one attached hydrogen (secondary N) is 1. The molecular weight excluding hydrogens is 316 g/mol. The van der Waals surface area contributed by atoms with Gasteiger partial charge >= 0.3 is 5.97 Å². The van der Waals surface area contributed by atoms with E-state index in [1.54, 1.807) is 20.8 Å². The first-order valence-electron chi connectivity index (χ1n) is 6.06. The number of rotatable bonds is 5. The van der Waals surface area contributed by atoms with Gasteiger partial charge < -0.3 is 10.5 Å². The first kappa shape index (κ1) is 19.9. The molecule has 0 fully saturated rings. The minimum atomic E-state index is -3.68. The molecule has 3 N–H and O–H groups in total. The Bertz CT molecular complexity index is 615. The quantitative estimate of drug-likeness (QED) is 0.788. The Labute approximate surface area is 131 Å². The van der Waals surface area contributed by atoms with Gasteiger partial charge in [-0.25, -0.2) is 17.9 Å². The smallest absolute Gasteiger partial charge is 0.338 e. The average molecular weight is 337 g/mol. The molecule has 1 rings (SSSR count). The van der Waals surface area contributed by atoms with Crippen LogP contribution in [0.3, 0.4) is 0 Å². The van der Waals surface area contributed by atoms with Crippen LogP contribution in [0.5, 0.6) is 0 Å². The zero-order valence-corrected chi connectivity index (χ0v) is 14.1. The Balaban J connectivity index is 0.00000400. The predicted molar refractivity (Wildman–Crippen MR) is 83.2 cm³/mol. The van der Waals surface area contributed by atoms with Crippen molar-refractivity contribution >= 4 is 28.4 Å². The summed E-state index contributed by atoms with van der Waals surface area (Å²) in [5.41, 5.74) is 5.64. The van der Waals surface area contributed by atoms with Gasteiger partial charge in [0.2, 0.25) is 10.0 Å². The lowest BCUT2D eigenvalue weighted by atomic mass is 10.1. The fourth-order valence-corrected chi connectivity index (χ4v) is 3.11. The van der Waals surface area contributed by atoms with Gasteiger partial charge in [-0.3, -0.25) is 0 Å². The topological polar surface area (TPSA) is 98.5 Å². The third-order valence-corrected chi connectivity index (χ3v) is 4.53. The molecule has 0 atom stereocenters. The van der Waals surface area contributed by atoms with E-state index in [4.69, 9.17) is 5.73 Å². The van der Waals surface area contributed by atoms with Crippen LogP contribution in [0, 0.1) is 6.92 Å². The van der Waals surface area contributed by atoms with Gasteiger partial charge in [0, 0.05) is 12.1 Å². The number of ether oxygens (including phenoxy) is 1. The van der Waals surface area contributed by atoms with E-state index in [-0.39, 0.29) is 23.8 Å². The van der Waals surface area contributed by atoms with Crippen molar-refractivity contribution in [1.82, 2.24) is 4.72 Å². The van der Waals surface area contributed by atoms with Crippen molar-refractivity contribution in [2.24, 2.45) is 5.73 Å². The molecule has 0 aliphatic heterocycles. The van der Waals surface area contributed by atoms with Crippen molar-refractivity contribution in [2.75, 3.05) is 13.7 Å². The van der Waals surface area contributed by atoms with Gasteiger partial charge in [0.15, 0.2) is 0 Å². The Hall–Kier alpha value is -1.15.